The van der Waals surface area contributed by atoms with Gasteiger partial charge in [0.05, 0.1) is 0 Å². The molecule has 2 N–H and O–H groups in total. The molecule has 0 saturated carbocycles. The maximum absolute atomic E-state index is 5.67. The third kappa shape index (κ3) is 1.74. The Morgan fingerprint density at radius 1 is 1.50 bits per heavy atom. The van der Waals surface area contributed by atoms with Gasteiger partial charge in [0.1, 0.15) is 0 Å². The molecule has 0 bridgehead atoms. The topological polar surface area (TPSA) is 26.0 Å². The Bertz CT molecular complexity index is 223. The predicted molar refractivity (Wildman–Crippen MR) is 47.7 cm³/mol. The minimum absolute atomic E-state index is 0.811. The molecule has 0 saturated heterocycles. The first-order valence-electron chi connectivity index (χ1n) is 3.20. The van der Waals surface area contributed by atoms with Gasteiger partial charge in [-0.3, -0.25) is 0 Å². The molecule has 0 spiro atoms. The lowest BCUT2D eigenvalue weighted by atomic mass is 10.2. The van der Waals surface area contributed by atoms with Crippen LogP contribution in [0.1, 0.15) is 13.3 Å². The smallest absolute Gasteiger partial charge is 0.0457 e. The molecule has 0 atom stereocenters. The Balaban J connectivity index is 2.92. The highest BCUT2D eigenvalue weighted by molar-refractivity contribution is 9.11. The summed E-state index contributed by atoms with van der Waals surface area (Å²) in [5, 5.41) is 0. The lowest BCUT2D eigenvalue weighted by Gasteiger charge is -1.95. The largest absolute Gasteiger partial charge is 0.398 e. The average Bonchev–Trinajstić information content (AvgIpc) is 1.96. The van der Waals surface area contributed by atoms with Crippen molar-refractivity contribution in [3.63, 3.8) is 0 Å². The number of hydrogen-bond donors (Lipinski definition) is 1. The van der Waals surface area contributed by atoms with Crippen molar-refractivity contribution in [1.29, 1.82) is 0 Å². The Labute approximate surface area is 69.4 Å². The van der Waals surface area contributed by atoms with Gasteiger partial charge in [0, 0.05) is 10.2 Å². The van der Waals surface area contributed by atoms with Crippen molar-refractivity contribution in [2.75, 3.05) is 0 Å². The highest BCUT2D eigenvalue weighted by Gasteiger charge is 1.98. The Morgan fingerprint density at radius 2 is 2.20 bits per heavy atom. The Hall–Kier alpha value is -0.500. The van der Waals surface area contributed by atoms with E-state index in [0.717, 1.165) is 16.6 Å². The zero-order valence-corrected chi connectivity index (χ0v) is 7.48. The van der Waals surface area contributed by atoms with Crippen LogP contribution in [0.5, 0.6) is 0 Å². The van der Waals surface area contributed by atoms with Gasteiger partial charge in [-0.1, -0.05) is 17.7 Å². The van der Waals surface area contributed by atoms with E-state index in [9.17, 15) is 0 Å². The number of hydrogen-bond acceptors (Lipinski definition) is 1. The van der Waals surface area contributed by atoms with E-state index in [1.54, 1.807) is 0 Å². The van der Waals surface area contributed by atoms with Gasteiger partial charge < -0.3 is 5.73 Å². The summed E-state index contributed by atoms with van der Waals surface area (Å²) < 4.78 is 1.00. The second-order valence-electron chi connectivity index (χ2n) is 2.34. The molecule has 0 aliphatic heterocycles. The van der Waals surface area contributed by atoms with Crippen LogP contribution in [0.15, 0.2) is 34.0 Å². The molecule has 54 valence electrons. The summed E-state index contributed by atoms with van der Waals surface area (Å²) >= 11 is 3.37. The number of allylic oxidation sites excluding steroid dienone is 5. The van der Waals surface area contributed by atoms with Gasteiger partial charge in [0.15, 0.2) is 0 Å². The quantitative estimate of drug-likeness (QED) is 0.638. The van der Waals surface area contributed by atoms with Crippen LogP contribution >= 0.6 is 15.9 Å². The minimum atomic E-state index is 0.811. The molecule has 0 fully saturated rings. The van der Waals surface area contributed by atoms with Gasteiger partial charge >= 0.3 is 0 Å². The first kappa shape index (κ1) is 7.61. The van der Waals surface area contributed by atoms with Crippen LogP contribution < -0.4 is 5.73 Å². The molecule has 0 radical (unpaired) electrons. The highest BCUT2D eigenvalue weighted by Crippen LogP contribution is 2.18. The third-order valence-electron chi connectivity index (χ3n) is 1.40. The molecular formula is C8H10BrN. The summed E-state index contributed by atoms with van der Waals surface area (Å²) in [7, 11) is 0. The van der Waals surface area contributed by atoms with Crippen LogP contribution in [0.25, 0.3) is 0 Å². The van der Waals surface area contributed by atoms with Gasteiger partial charge in [-0.15, -0.1) is 0 Å². The second-order valence-corrected chi connectivity index (χ2v) is 3.19. The maximum atomic E-state index is 5.67. The van der Waals surface area contributed by atoms with Crippen molar-refractivity contribution in [3.8, 4) is 0 Å². The van der Waals surface area contributed by atoms with Crippen LogP contribution in [0.2, 0.25) is 0 Å². The van der Waals surface area contributed by atoms with E-state index in [2.05, 4.69) is 28.1 Å². The lowest BCUT2D eigenvalue weighted by Crippen LogP contribution is -1.95. The summed E-state index contributed by atoms with van der Waals surface area (Å²) in [5.41, 5.74) is 7.71. The molecule has 0 aromatic carbocycles. The fourth-order valence-corrected chi connectivity index (χ4v) is 1.14. The summed E-state index contributed by atoms with van der Waals surface area (Å²) in [6, 6.07) is 0. The molecule has 0 amide bonds. The van der Waals surface area contributed by atoms with Crippen LogP contribution in [0, 0.1) is 0 Å². The molecule has 1 aliphatic carbocycles. The Morgan fingerprint density at radius 3 is 2.90 bits per heavy atom. The van der Waals surface area contributed by atoms with Gasteiger partial charge in [-0.2, -0.15) is 0 Å². The molecule has 10 heavy (non-hydrogen) atoms. The number of nitrogens with two attached hydrogens (primary N) is 1. The van der Waals surface area contributed by atoms with E-state index >= 15 is 0 Å². The molecule has 1 aliphatic rings. The SMILES string of the molecule is CC1=CCC=C(Br)C(N)=C1. The zero-order valence-electron chi connectivity index (χ0n) is 5.89. The number of halogens is 1. The van der Waals surface area contributed by atoms with Gasteiger partial charge in [-0.05, 0) is 35.4 Å². The van der Waals surface area contributed by atoms with Crippen molar-refractivity contribution in [1.82, 2.24) is 0 Å². The van der Waals surface area contributed by atoms with Gasteiger partial charge in [-0.25, -0.2) is 0 Å². The van der Waals surface area contributed by atoms with Crippen molar-refractivity contribution in [2.24, 2.45) is 5.73 Å². The van der Waals surface area contributed by atoms with Crippen molar-refractivity contribution >= 4 is 15.9 Å². The van der Waals surface area contributed by atoms with E-state index in [0.29, 0.717) is 0 Å². The first-order valence-corrected chi connectivity index (χ1v) is 3.99. The summed E-state index contributed by atoms with van der Waals surface area (Å²) in [4.78, 5) is 0. The van der Waals surface area contributed by atoms with E-state index in [-0.39, 0.29) is 0 Å². The summed E-state index contributed by atoms with van der Waals surface area (Å²) in [6.45, 7) is 2.05. The van der Waals surface area contributed by atoms with Crippen LogP contribution in [-0.2, 0) is 0 Å². The molecule has 0 unspecified atom stereocenters. The zero-order chi connectivity index (χ0) is 7.56. The lowest BCUT2D eigenvalue weighted by molar-refractivity contribution is 1.35. The van der Waals surface area contributed by atoms with Gasteiger partial charge in [0.2, 0.25) is 0 Å². The fourth-order valence-electron chi connectivity index (χ4n) is 0.839. The minimum Gasteiger partial charge on any atom is -0.398 e. The van der Waals surface area contributed by atoms with Crippen molar-refractivity contribution in [2.45, 2.75) is 13.3 Å². The standard InChI is InChI=1S/C8H10BrN/c1-6-3-2-4-7(9)8(10)5-6/h3-5H,2,10H2,1H3. The van der Waals surface area contributed by atoms with Crippen LogP contribution in [0.3, 0.4) is 0 Å². The van der Waals surface area contributed by atoms with E-state index in [1.165, 1.54) is 5.57 Å². The normalized spacial score (nSPS) is 18.8. The maximum Gasteiger partial charge on any atom is 0.0457 e. The molecule has 0 heterocycles. The van der Waals surface area contributed by atoms with Gasteiger partial charge in [0.25, 0.3) is 0 Å². The van der Waals surface area contributed by atoms with Crippen LogP contribution in [0.4, 0.5) is 0 Å². The molecule has 1 nitrogen and oxygen atoms in total. The highest BCUT2D eigenvalue weighted by atomic mass is 79.9. The van der Waals surface area contributed by atoms with E-state index in [4.69, 9.17) is 5.73 Å². The monoisotopic (exact) mass is 199 g/mol. The first-order chi connectivity index (χ1) is 4.70. The molecule has 1 rings (SSSR count). The van der Waals surface area contributed by atoms with E-state index < -0.39 is 0 Å². The van der Waals surface area contributed by atoms with Crippen molar-refractivity contribution in [3.05, 3.63) is 34.0 Å². The van der Waals surface area contributed by atoms with Crippen molar-refractivity contribution < 1.29 is 0 Å². The molecular weight excluding hydrogens is 190 g/mol. The summed E-state index contributed by atoms with van der Waals surface area (Å²) in [5.74, 6) is 0. The molecule has 2 heteroatoms. The number of rotatable bonds is 0. The van der Waals surface area contributed by atoms with Crippen LogP contribution in [-0.4, -0.2) is 0 Å². The molecule has 0 aromatic rings. The fraction of sp³-hybridized carbons (Fsp3) is 0.250. The summed E-state index contributed by atoms with van der Waals surface area (Å²) in [6.07, 6.45) is 7.13. The third-order valence-corrected chi connectivity index (χ3v) is 2.18. The predicted octanol–water partition coefficient (Wildman–Crippen LogP) is 2.46. The Kier molecular flexibility index (Phi) is 2.33. The molecule has 0 aromatic heterocycles. The van der Waals surface area contributed by atoms with E-state index in [1.807, 2.05) is 13.0 Å². The average molecular weight is 200 g/mol. The second kappa shape index (κ2) is 3.06.